The molecule has 1 aromatic rings. The Kier molecular flexibility index (Phi) is 7.27. The molecule has 1 rings (SSSR count). The van der Waals surface area contributed by atoms with Crippen molar-refractivity contribution >= 4 is 15.9 Å². The molecule has 0 saturated heterocycles. The fraction of sp³-hybridized carbons (Fsp3) is 0.538. The molecule has 102 valence electrons. The minimum atomic E-state index is -0.534. The van der Waals surface area contributed by atoms with Crippen molar-refractivity contribution in [2.45, 2.75) is 19.1 Å². The van der Waals surface area contributed by atoms with Crippen LogP contribution < -0.4 is 10.1 Å². The molecule has 1 aromatic carbocycles. The van der Waals surface area contributed by atoms with Gasteiger partial charge in [-0.1, -0.05) is 15.9 Å². The first-order valence-corrected chi connectivity index (χ1v) is 6.70. The molecule has 4 nitrogen and oxygen atoms in total. The highest BCUT2D eigenvalue weighted by Crippen LogP contribution is 2.16. The monoisotopic (exact) mass is 317 g/mol. The summed E-state index contributed by atoms with van der Waals surface area (Å²) in [6.45, 7) is 3.39. The number of aliphatic hydroxyl groups is 1. The molecule has 0 unspecified atom stereocenters. The first-order chi connectivity index (χ1) is 8.61. The van der Waals surface area contributed by atoms with Gasteiger partial charge in [0.05, 0.1) is 6.61 Å². The lowest BCUT2D eigenvalue weighted by molar-refractivity contribution is 0.0973. The lowest BCUT2D eigenvalue weighted by Gasteiger charge is -2.17. The Labute approximate surface area is 116 Å². The summed E-state index contributed by atoms with van der Waals surface area (Å²) in [6.07, 6.45) is -0.534. The van der Waals surface area contributed by atoms with Gasteiger partial charge in [0, 0.05) is 24.2 Å². The van der Waals surface area contributed by atoms with E-state index in [2.05, 4.69) is 21.2 Å². The molecule has 0 aromatic heterocycles. The minimum Gasteiger partial charge on any atom is -0.491 e. The molecule has 0 aliphatic carbocycles. The number of aliphatic hydroxyl groups excluding tert-OH is 1. The highest BCUT2D eigenvalue weighted by atomic mass is 79.9. The molecule has 18 heavy (non-hydrogen) atoms. The van der Waals surface area contributed by atoms with Crippen LogP contribution in [0.4, 0.5) is 0 Å². The molecular weight excluding hydrogens is 298 g/mol. The number of hydrogen-bond acceptors (Lipinski definition) is 4. The second kappa shape index (κ2) is 8.48. The van der Waals surface area contributed by atoms with Crippen LogP contribution in [-0.2, 0) is 4.74 Å². The van der Waals surface area contributed by atoms with Gasteiger partial charge in [-0.3, -0.25) is 0 Å². The van der Waals surface area contributed by atoms with Crippen LogP contribution in [0.5, 0.6) is 5.75 Å². The third-order valence-electron chi connectivity index (χ3n) is 2.37. The molecule has 0 aliphatic heterocycles. The van der Waals surface area contributed by atoms with Crippen molar-refractivity contribution in [3.63, 3.8) is 0 Å². The first kappa shape index (κ1) is 15.4. The van der Waals surface area contributed by atoms with Gasteiger partial charge in [0.2, 0.25) is 0 Å². The topological polar surface area (TPSA) is 50.7 Å². The number of halogens is 1. The SMILES string of the molecule is COC[C@H](C)NC[C@@H](O)COc1ccc(Br)cc1. The summed E-state index contributed by atoms with van der Waals surface area (Å²) in [5.41, 5.74) is 0. The van der Waals surface area contributed by atoms with Crippen LogP contribution in [-0.4, -0.2) is 44.1 Å². The zero-order chi connectivity index (χ0) is 13.4. The molecule has 0 bridgehead atoms. The average Bonchev–Trinajstić information content (AvgIpc) is 2.36. The molecule has 0 spiro atoms. The van der Waals surface area contributed by atoms with Crippen LogP contribution in [0.2, 0.25) is 0 Å². The van der Waals surface area contributed by atoms with Crippen molar-refractivity contribution in [1.29, 1.82) is 0 Å². The minimum absolute atomic E-state index is 0.220. The summed E-state index contributed by atoms with van der Waals surface area (Å²) >= 11 is 3.35. The normalized spacial score (nSPS) is 14.2. The van der Waals surface area contributed by atoms with Crippen molar-refractivity contribution in [1.82, 2.24) is 5.32 Å². The maximum atomic E-state index is 9.74. The molecule has 0 amide bonds. The third-order valence-corrected chi connectivity index (χ3v) is 2.90. The van der Waals surface area contributed by atoms with E-state index in [-0.39, 0.29) is 12.6 Å². The first-order valence-electron chi connectivity index (χ1n) is 5.90. The van der Waals surface area contributed by atoms with Crippen molar-refractivity contribution in [3.8, 4) is 5.75 Å². The summed E-state index contributed by atoms with van der Waals surface area (Å²) in [6, 6.07) is 7.74. The van der Waals surface area contributed by atoms with Gasteiger partial charge in [0.15, 0.2) is 0 Å². The highest BCUT2D eigenvalue weighted by molar-refractivity contribution is 9.10. The Morgan fingerprint density at radius 1 is 1.28 bits per heavy atom. The van der Waals surface area contributed by atoms with E-state index in [1.54, 1.807) is 7.11 Å². The van der Waals surface area contributed by atoms with Gasteiger partial charge < -0.3 is 19.9 Å². The summed E-state index contributed by atoms with van der Waals surface area (Å²) < 4.78 is 11.5. The lowest BCUT2D eigenvalue weighted by Crippen LogP contribution is -2.38. The lowest BCUT2D eigenvalue weighted by atomic mass is 10.3. The molecule has 0 fully saturated rings. The van der Waals surface area contributed by atoms with Crippen molar-refractivity contribution < 1.29 is 14.6 Å². The van der Waals surface area contributed by atoms with Gasteiger partial charge in [-0.25, -0.2) is 0 Å². The second-order valence-corrected chi connectivity index (χ2v) is 5.10. The van der Waals surface area contributed by atoms with Gasteiger partial charge in [-0.15, -0.1) is 0 Å². The predicted octanol–water partition coefficient (Wildman–Crippen LogP) is 1.81. The smallest absolute Gasteiger partial charge is 0.119 e. The van der Waals surface area contributed by atoms with Crippen LogP contribution in [0.15, 0.2) is 28.7 Å². The van der Waals surface area contributed by atoms with Crippen LogP contribution in [0.3, 0.4) is 0 Å². The molecule has 2 N–H and O–H groups in total. The molecule has 0 heterocycles. The number of rotatable bonds is 8. The molecule has 2 atom stereocenters. The maximum absolute atomic E-state index is 9.74. The van der Waals surface area contributed by atoms with Crippen LogP contribution in [0.25, 0.3) is 0 Å². The molecule has 5 heteroatoms. The van der Waals surface area contributed by atoms with Gasteiger partial charge >= 0.3 is 0 Å². The fourth-order valence-corrected chi connectivity index (χ4v) is 1.69. The summed E-state index contributed by atoms with van der Waals surface area (Å²) in [4.78, 5) is 0. The zero-order valence-electron chi connectivity index (χ0n) is 10.7. The van der Waals surface area contributed by atoms with Gasteiger partial charge in [-0.2, -0.15) is 0 Å². The number of hydrogen-bond donors (Lipinski definition) is 2. The van der Waals surface area contributed by atoms with E-state index in [9.17, 15) is 5.11 Å². The third kappa shape index (κ3) is 6.35. The van der Waals surface area contributed by atoms with E-state index in [4.69, 9.17) is 9.47 Å². The van der Waals surface area contributed by atoms with Crippen LogP contribution in [0, 0.1) is 0 Å². The number of methoxy groups -OCH3 is 1. The van der Waals surface area contributed by atoms with Crippen molar-refractivity contribution in [2.24, 2.45) is 0 Å². The largest absolute Gasteiger partial charge is 0.491 e. The molecule has 0 radical (unpaired) electrons. The number of nitrogens with one attached hydrogen (secondary N) is 1. The Bertz CT molecular complexity index is 332. The van der Waals surface area contributed by atoms with Gasteiger partial charge in [0.25, 0.3) is 0 Å². The Morgan fingerprint density at radius 3 is 2.56 bits per heavy atom. The number of ether oxygens (including phenoxy) is 2. The number of benzene rings is 1. The average molecular weight is 318 g/mol. The van der Waals surface area contributed by atoms with Crippen molar-refractivity contribution in [2.75, 3.05) is 26.9 Å². The van der Waals surface area contributed by atoms with Gasteiger partial charge in [-0.05, 0) is 31.2 Å². The van der Waals surface area contributed by atoms with E-state index in [1.807, 2.05) is 31.2 Å². The molecular formula is C13H20BrNO3. The Hall–Kier alpha value is -0.620. The van der Waals surface area contributed by atoms with Crippen molar-refractivity contribution in [3.05, 3.63) is 28.7 Å². The van der Waals surface area contributed by atoms with Crippen LogP contribution >= 0.6 is 15.9 Å². The summed E-state index contributed by atoms with van der Waals surface area (Å²) in [5, 5.41) is 12.9. The van der Waals surface area contributed by atoms with E-state index < -0.39 is 6.10 Å². The second-order valence-electron chi connectivity index (χ2n) is 4.18. The van der Waals surface area contributed by atoms with E-state index in [1.165, 1.54) is 0 Å². The zero-order valence-corrected chi connectivity index (χ0v) is 12.3. The molecule has 0 aliphatic rings. The predicted molar refractivity (Wildman–Crippen MR) is 75.0 cm³/mol. The summed E-state index contributed by atoms with van der Waals surface area (Å²) in [5.74, 6) is 0.752. The maximum Gasteiger partial charge on any atom is 0.119 e. The fourth-order valence-electron chi connectivity index (χ4n) is 1.43. The Balaban J connectivity index is 2.20. The van der Waals surface area contributed by atoms with Gasteiger partial charge in [0.1, 0.15) is 18.5 Å². The summed E-state index contributed by atoms with van der Waals surface area (Å²) in [7, 11) is 1.66. The molecule has 0 saturated carbocycles. The Morgan fingerprint density at radius 2 is 1.94 bits per heavy atom. The highest BCUT2D eigenvalue weighted by Gasteiger charge is 2.07. The van der Waals surface area contributed by atoms with E-state index >= 15 is 0 Å². The quantitative estimate of drug-likeness (QED) is 0.768. The van der Waals surface area contributed by atoms with Crippen LogP contribution in [0.1, 0.15) is 6.92 Å². The van der Waals surface area contributed by atoms with E-state index in [0.717, 1.165) is 10.2 Å². The van der Waals surface area contributed by atoms with E-state index in [0.29, 0.717) is 13.2 Å². The standard InChI is InChI=1S/C13H20BrNO3/c1-10(8-17-2)15-7-12(16)9-18-13-5-3-11(14)4-6-13/h3-6,10,12,15-16H,7-9H2,1-2H3/t10-,12+/m0/s1.